The number of rotatable bonds is 4. The minimum Gasteiger partial charge on any atom is -0.364 e. The van der Waals surface area contributed by atoms with E-state index in [-0.39, 0.29) is 31.6 Å². The standard InChI is InChI=1S/C19H21FN6O2/c1-12-7-26(8-15(28-12)18(27)25-11-19(20)9-22-10-19)14-3-2-13(6-21)16-17(14)24-5-4-23-16/h2-5,12,15,22H,7-11H2,1H3,(H,25,27)/t12?,15-/m1/s1. The molecule has 0 saturated carbocycles. The summed E-state index contributed by atoms with van der Waals surface area (Å²) < 4.78 is 19.9. The van der Waals surface area contributed by atoms with E-state index in [1.54, 1.807) is 18.5 Å². The van der Waals surface area contributed by atoms with E-state index in [9.17, 15) is 14.4 Å². The maximum atomic E-state index is 14.1. The van der Waals surface area contributed by atoms with Crippen LogP contribution in [-0.2, 0) is 9.53 Å². The van der Waals surface area contributed by atoms with E-state index in [0.717, 1.165) is 5.69 Å². The van der Waals surface area contributed by atoms with Crippen molar-refractivity contribution in [2.75, 3.05) is 37.6 Å². The molecule has 0 aliphatic carbocycles. The van der Waals surface area contributed by atoms with Gasteiger partial charge >= 0.3 is 0 Å². The van der Waals surface area contributed by atoms with Gasteiger partial charge in [-0.25, -0.2) is 4.39 Å². The monoisotopic (exact) mass is 384 g/mol. The summed E-state index contributed by atoms with van der Waals surface area (Å²) in [5, 5.41) is 14.8. The number of ether oxygens (including phenoxy) is 1. The van der Waals surface area contributed by atoms with E-state index in [1.807, 2.05) is 17.9 Å². The third-order valence-electron chi connectivity index (χ3n) is 5.08. The zero-order valence-corrected chi connectivity index (χ0v) is 15.5. The number of benzene rings is 1. The summed E-state index contributed by atoms with van der Waals surface area (Å²) >= 11 is 0. The molecule has 28 heavy (non-hydrogen) atoms. The van der Waals surface area contributed by atoms with Crippen LogP contribution in [0.5, 0.6) is 0 Å². The fourth-order valence-electron chi connectivity index (χ4n) is 3.56. The van der Waals surface area contributed by atoms with Crippen LogP contribution in [0.25, 0.3) is 11.0 Å². The molecule has 1 amide bonds. The molecular weight excluding hydrogens is 363 g/mol. The van der Waals surface area contributed by atoms with Crippen LogP contribution in [0.3, 0.4) is 0 Å². The van der Waals surface area contributed by atoms with Gasteiger partial charge in [-0.15, -0.1) is 0 Å². The number of carbonyl (C=O) groups excluding carboxylic acids is 1. The van der Waals surface area contributed by atoms with Gasteiger partial charge in [0.25, 0.3) is 5.91 Å². The summed E-state index contributed by atoms with van der Waals surface area (Å²) in [6.45, 7) is 3.23. The van der Waals surface area contributed by atoms with Crippen LogP contribution in [-0.4, -0.2) is 66.5 Å². The Balaban J connectivity index is 1.55. The number of morpholine rings is 1. The quantitative estimate of drug-likeness (QED) is 0.792. The molecule has 0 bridgehead atoms. The minimum absolute atomic E-state index is 0.0294. The lowest BCUT2D eigenvalue weighted by Crippen LogP contribution is -2.63. The average molecular weight is 384 g/mol. The minimum atomic E-state index is -1.38. The Labute approximate surface area is 161 Å². The molecule has 9 heteroatoms. The van der Waals surface area contributed by atoms with Gasteiger partial charge in [0.05, 0.1) is 30.4 Å². The summed E-state index contributed by atoms with van der Waals surface area (Å²) in [5.41, 5.74) is 0.997. The molecule has 2 aromatic rings. The second-order valence-electron chi connectivity index (χ2n) is 7.31. The highest BCUT2D eigenvalue weighted by Crippen LogP contribution is 2.29. The molecule has 2 fully saturated rings. The first kappa shape index (κ1) is 18.5. The Morgan fingerprint density at radius 1 is 1.39 bits per heavy atom. The smallest absolute Gasteiger partial charge is 0.251 e. The molecule has 2 atom stereocenters. The van der Waals surface area contributed by atoms with Gasteiger partial charge in [-0.3, -0.25) is 14.8 Å². The summed E-state index contributed by atoms with van der Waals surface area (Å²) in [6, 6.07) is 5.65. The van der Waals surface area contributed by atoms with Crippen molar-refractivity contribution in [3.8, 4) is 6.07 Å². The number of anilines is 1. The molecule has 1 unspecified atom stereocenters. The molecule has 2 N–H and O–H groups in total. The molecule has 2 aliphatic rings. The summed E-state index contributed by atoms with van der Waals surface area (Å²) in [5.74, 6) is -0.329. The predicted octanol–water partition coefficient (Wildman–Crippen LogP) is 0.523. The lowest BCUT2D eigenvalue weighted by atomic mass is 9.99. The van der Waals surface area contributed by atoms with Crippen molar-refractivity contribution < 1.29 is 13.9 Å². The van der Waals surface area contributed by atoms with Gasteiger partial charge in [0.1, 0.15) is 17.1 Å². The van der Waals surface area contributed by atoms with Crippen molar-refractivity contribution in [1.82, 2.24) is 20.6 Å². The van der Waals surface area contributed by atoms with Crippen LogP contribution in [0.15, 0.2) is 24.5 Å². The molecule has 3 heterocycles. The van der Waals surface area contributed by atoms with Gasteiger partial charge in [0.2, 0.25) is 0 Å². The van der Waals surface area contributed by atoms with Crippen LogP contribution in [0.1, 0.15) is 12.5 Å². The zero-order chi connectivity index (χ0) is 19.7. The van der Waals surface area contributed by atoms with Crippen molar-refractivity contribution in [3.05, 3.63) is 30.1 Å². The second kappa shape index (κ2) is 7.30. The third kappa shape index (κ3) is 3.48. The molecule has 4 rings (SSSR count). The first-order valence-electron chi connectivity index (χ1n) is 9.21. The Kier molecular flexibility index (Phi) is 4.83. The fraction of sp³-hybridized carbons (Fsp3) is 0.474. The van der Waals surface area contributed by atoms with E-state index in [1.165, 1.54) is 0 Å². The van der Waals surface area contributed by atoms with Gasteiger partial charge in [-0.2, -0.15) is 5.26 Å². The fourth-order valence-corrected chi connectivity index (χ4v) is 3.56. The number of fused-ring (bicyclic) bond motifs is 1. The highest BCUT2D eigenvalue weighted by atomic mass is 19.1. The molecule has 0 spiro atoms. The highest BCUT2D eigenvalue weighted by Gasteiger charge is 2.38. The average Bonchev–Trinajstić information content (AvgIpc) is 2.69. The van der Waals surface area contributed by atoms with E-state index in [2.05, 4.69) is 26.7 Å². The van der Waals surface area contributed by atoms with E-state index >= 15 is 0 Å². The van der Waals surface area contributed by atoms with Gasteiger partial charge in [-0.1, -0.05) is 0 Å². The second-order valence-corrected chi connectivity index (χ2v) is 7.31. The van der Waals surface area contributed by atoms with E-state index in [4.69, 9.17) is 4.74 Å². The lowest BCUT2D eigenvalue weighted by Gasteiger charge is -2.39. The van der Waals surface area contributed by atoms with E-state index in [0.29, 0.717) is 29.7 Å². The van der Waals surface area contributed by atoms with Crippen LogP contribution in [0, 0.1) is 11.3 Å². The summed E-state index contributed by atoms with van der Waals surface area (Å²) in [6.07, 6.45) is 2.21. The Morgan fingerprint density at radius 2 is 2.14 bits per heavy atom. The lowest BCUT2D eigenvalue weighted by molar-refractivity contribution is -0.138. The molecule has 2 saturated heterocycles. The zero-order valence-electron chi connectivity index (χ0n) is 15.5. The number of nitrogens with one attached hydrogen (secondary N) is 2. The topological polar surface area (TPSA) is 103 Å². The van der Waals surface area contributed by atoms with Crippen molar-refractivity contribution in [3.63, 3.8) is 0 Å². The number of hydrogen-bond donors (Lipinski definition) is 2. The van der Waals surface area contributed by atoms with E-state index < -0.39 is 11.8 Å². The highest BCUT2D eigenvalue weighted by molar-refractivity contribution is 5.92. The Morgan fingerprint density at radius 3 is 2.82 bits per heavy atom. The number of carbonyl (C=O) groups is 1. The summed E-state index contributed by atoms with van der Waals surface area (Å²) in [4.78, 5) is 23.2. The van der Waals surface area contributed by atoms with Gasteiger partial charge in [0, 0.05) is 32.0 Å². The normalized spacial score (nSPS) is 23.7. The van der Waals surface area contributed by atoms with Crippen LogP contribution in [0.4, 0.5) is 10.1 Å². The third-order valence-corrected chi connectivity index (χ3v) is 5.08. The molecule has 1 aromatic heterocycles. The molecule has 2 aliphatic heterocycles. The van der Waals surface area contributed by atoms with Crippen molar-refractivity contribution in [2.45, 2.75) is 24.8 Å². The molecule has 8 nitrogen and oxygen atoms in total. The number of hydrogen-bond acceptors (Lipinski definition) is 7. The first-order chi connectivity index (χ1) is 13.5. The van der Waals surface area contributed by atoms with Crippen molar-refractivity contribution >= 4 is 22.6 Å². The molecule has 0 radical (unpaired) electrons. The summed E-state index contributed by atoms with van der Waals surface area (Å²) in [7, 11) is 0. The number of halogens is 1. The molecule has 146 valence electrons. The van der Waals surface area contributed by atoms with Crippen molar-refractivity contribution in [1.29, 1.82) is 5.26 Å². The van der Waals surface area contributed by atoms with Crippen molar-refractivity contribution in [2.24, 2.45) is 0 Å². The van der Waals surface area contributed by atoms with Gasteiger partial charge < -0.3 is 20.3 Å². The predicted molar refractivity (Wildman–Crippen MR) is 101 cm³/mol. The SMILES string of the molecule is CC1CN(c2ccc(C#N)c3nccnc23)C[C@H](C(=O)NCC2(F)CNC2)O1. The van der Waals surface area contributed by atoms with Gasteiger partial charge in [-0.05, 0) is 19.1 Å². The van der Waals surface area contributed by atoms with Crippen LogP contribution >= 0.6 is 0 Å². The Hall–Kier alpha value is -2.83. The Bertz CT molecular complexity index is 942. The van der Waals surface area contributed by atoms with Crippen LogP contribution < -0.4 is 15.5 Å². The number of amides is 1. The first-order valence-corrected chi connectivity index (χ1v) is 9.21. The van der Waals surface area contributed by atoms with Crippen LogP contribution in [0.2, 0.25) is 0 Å². The number of alkyl halides is 1. The molecule has 1 aromatic carbocycles. The number of aromatic nitrogens is 2. The maximum absolute atomic E-state index is 14.1. The molecular formula is C19H21FN6O2. The maximum Gasteiger partial charge on any atom is 0.251 e. The van der Waals surface area contributed by atoms with Gasteiger partial charge in [0.15, 0.2) is 11.8 Å². The number of nitrogens with zero attached hydrogens (tertiary/aromatic N) is 4. The largest absolute Gasteiger partial charge is 0.364 e. The number of nitriles is 1.